The molecule has 2 fully saturated rings. The Balaban J connectivity index is 1.39. The molecular weight excluding hydrogens is 345 g/mol. The summed E-state index contributed by atoms with van der Waals surface area (Å²) >= 11 is 0. The lowest BCUT2D eigenvalue weighted by Crippen LogP contribution is -2.42. The molecule has 0 bridgehead atoms. The van der Waals surface area contributed by atoms with Crippen LogP contribution < -0.4 is 5.32 Å². The van der Waals surface area contributed by atoms with Gasteiger partial charge in [0.1, 0.15) is 17.4 Å². The molecule has 2 aliphatic rings. The number of aromatic nitrogens is 1. The Morgan fingerprint density at radius 2 is 2.22 bits per heavy atom. The Bertz CT molecular complexity index is 896. The first kappa shape index (κ1) is 17.7. The van der Waals surface area contributed by atoms with Gasteiger partial charge in [0.05, 0.1) is 12.6 Å². The number of rotatable bonds is 4. The molecule has 1 aromatic heterocycles. The van der Waals surface area contributed by atoms with Crippen LogP contribution in [0.3, 0.4) is 0 Å². The number of carbonyl (C=O) groups is 1. The molecule has 1 unspecified atom stereocenters. The second-order valence-corrected chi connectivity index (χ2v) is 7.23. The highest BCUT2D eigenvalue weighted by molar-refractivity contribution is 5.91. The van der Waals surface area contributed by atoms with Crippen LogP contribution >= 0.6 is 0 Å². The molecule has 0 aliphatic carbocycles. The van der Waals surface area contributed by atoms with Crippen LogP contribution in [0.1, 0.15) is 19.3 Å². The number of hydrogen-bond donors (Lipinski definition) is 1. The van der Waals surface area contributed by atoms with Gasteiger partial charge in [-0.2, -0.15) is 5.26 Å². The third kappa shape index (κ3) is 3.58. The number of nitrogens with one attached hydrogen (secondary N) is 1. The summed E-state index contributed by atoms with van der Waals surface area (Å²) in [5.74, 6) is -0.288. The molecule has 2 aromatic rings. The van der Waals surface area contributed by atoms with E-state index in [0.29, 0.717) is 18.6 Å². The molecule has 2 aliphatic heterocycles. The molecule has 0 spiro atoms. The Morgan fingerprint density at radius 1 is 1.33 bits per heavy atom. The lowest BCUT2D eigenvalue weighted by molar-refractivity contribution is -0.132. The van der Waals surface area contributed by atoms with E-state index in [9.17, 15) is 9.18 Å². The number of benzene rings is 1. The maximum atomic E-state index is 13.9. The topological polar surface area (TPSA) is 72.3 Å². The van der Waals surface area contributed by atoms with Crippen molar-refractivity contribution in [1.82, 2.24) is 14.8 Å². The van der Waals surface area contributed by atoms with E-state index >= 15 is 0 Å². The number of nitrogens with zero attached hydrogens (tertiary/aromatic N) is 4. The van der Waals surface area contributed by atoms with Gasteiger partial charge in [-0.1, -0.05) is 0 Å². The maximum Gasteiger partial charge on any atom is 0.237 e. The fourth-order valence-corrected chi connectivity index (χ4v) is 4.06. The van der Waals surface area contributed by atoms with Gasteiger partial charge in [0.2, 0.25) is 5.91 Å². The zero-order valence-corrected chi connectivity index (χ0v) is 15.1. The molecule has 1 amide bonds. The van der Waals surface area contributed by atoms with Crippen molar-refractivity contribution in [2.75, 3.05) is 31.5 Å². The summed E-state index contributed by atoms with van der Waals surface area (Å²) in [6.07, 6.45) is 4.18. The summed E-state index contributed by atoms with van der Waals surface area (Å²) in [6, 6.07) is 8.98. The van der Waals surface area contributed by atoms with Crippen molar-refractivity contribution in [1.29, 1.82) is 5.26 Å². The van der Waals surface area contributed by atoms with Gasteiger partial charge in [-0.05, 0) is 43.5 Å². The number of carbonyl (C=O) groups excluding carboxylic acids is 1. The van der Waals surface area contributed by atoms with Crippen molar-refractivity contribution >= 4 is 22.5 Å². The minimum absolute atomic E-state index is 0.0381. The molecule has 4 rings (SSSR count). The van der Waals surface area contributed by atoms with E-state index in [-0.39, 0.29) is 23.8 Å². The summed E-state index contributed by atoms with van der Waals surface area (Å²) in [6.45, 7) is 2.60. The third-order valence-electron chi connectivity index (χ3n) is 5.43. The summed E-state index contributed by atoms with van der Waals surface area (Å²) in [5.41, 5.74) is 1.23. The van der Waals surface area contributed by atoms with E-state index in [1.54, 1.807) is 23.2 Å². The van der Waals surface area contributed by atoms with Crippen LogP contribution in [0.4, 0.5) is 10.1 Å². The van der Waals surface area contributed by atoms with Crippen LogP contribution in [0.5, 0.6) is 0 Å². The zero-order chi connectivity index (χ0) is 18.8. The van der Waals surface area contributed by atoms with E-state index in [1.165, 1.54) is 6.07 Å². The van der Waals surface area contributed by atoms with Crippen LogP contribution in [0.2, 0.25) is 0 Å². The maximum absolute atomic E-state index is 13.9. The number of fused-ring (bicyclic) bond motifs is 1. The summed E-state index contributed by atoms with van der Waals surface area (Å²) < 4.78 is 13.9. The molecule has 140 valence electrons. The van der Waals surface area contributed by atoms with Gasteiger partial charge in [-0.15, -0.1) is 0 Å². The first-order valence-electron chi connectivity index (χ1n) is 9.37. The van der Waals surface area contributed by atoms with E-state index in [0.717, 1.165) is 43.4 Å². The van der Waals surface area contributed by atoms with Gasteiger partial charge in [0.25, 0.3) is 0 Å². The third-order valence-corrected chi connectivity index (χ3v) is 5.43. The monoisotopic (exact) mass is 367 g/mol. The quantitative estimate of drug-likeness (QED) is 0.898. The highest BCUT2D eigenvalue weighted by Gasteiger charge is 2.31. The molecule has 7 heteroatoms. The number of anilines is 1. The number of pyridine rings is 1. The average Bonchev–Trinajstić information content (AvgIpc) is 3.33. The zero-order valence-electron chi connectivity index (χ0n) is 15.1. The molecule has 1 aromatic carbocycles. The average molecular weight is 367 g/mol. The Kier molecular flexibility index (Phi) is 4.90. The van der Waals surface area contributed by atoms with Crippen LogP contribution in [-0.2, 0) is 4.79 Å². The largest absolute Gasteiger partial charge is 0.380 e. The Hall–Kier alpha value is -2.72. The van der Waals surface area contributed by atoms with Gasteiger partial charge in [-0.3, -0.25) is 14.7 Å². The Labute approximate surface area is 157 Å². The first-order chi connectivity index (χ1) is 13.2. The van der Waals surface area contributed by atoms with Crippen molar-refractivity contribution in [2.24, 2.45) is 0 Å². The number of amides is 1. The van der Waals surface area contributed by atoms with E-state index in [4.69, 9.17) is 5.26 Å². The Morgan fingerprint density at radius 3 is 3.07 bits per heavy atom. The SMILES string of the molecule is N#CC1CCCN1C(=O)CN1CC[C@@H](Nc2ccc(F)c3ncccc23)C1. The summed E-state index contributed by atoms with van der Waals surface area (Å²) in [5, 5.41) is 13.4. The molecule has 2 atom stereocenters. The van der Waals surface area contributed by atoms with Gasteiger partial charge < -0.3 is 10.2 Å². The fourth-order valence-electron chi connectivity index (χ4n) is 4.06. The molecule has 0 radical (unpaired) electrons. The number of halogens is 1. The highest BCUT2D eigenvalue weighted by atomic mass is 19.1. The van der Waals surface area contributed by atoms with Gasteiger partial charge in [-0.25, -0.2) is 4.39 Å². The molecule has 2 saturated heterocycles. The lowest BCUT2D eigenvalue weighted by atomic mass is 10.1. The molecule has 3 heterocycles. The van der Waals surface area contributed by atoms with Crippen LogP contribution in [-0.4, -0.2) is 59.0 Å². The summed E-state index contributed by atoms with van der Waals surface area (Å²) in [7, 11) is 0. The van der Waals surface area contributed by atoms with Crippen molar-refractivity contribution in [2.45, 2.75) is 31.3 Å². The fraction of sp³-hybridized carbons (Fsp3) is 0.450. The van der Waals surface area contributed by atoms with E-state index in [2.05, 4.69) is 21.3 Å². The van der Waals surface area contributed by atoms with Crippen LogP contribution in [0.15, 0.2) is 30.5 Å². The molecule has 27 heavy (non-hydrogen) atoms. The van der Waals surface area contributed by atoms with E-state index < -0.39 is 0 Å². The highest BCUT2D eigenvalue weighted by Crippen LogP contribution is 2.26. The predicted molar refractivity (Wildman–Crippen MR) is 101 cm³/mol. The minimum Gasteiger partial charge on any atom is -0.380 e. The smallest absolute Gasteiger partial charge is 0.237 e. The lowest BCUT2D eigenvalue weighted by Gasteiger charge is -2.23. The second kappa shape index (κ2) is 7.49. The van der Waals surface area contributed by atoms with Crippen molar-refractivity contribution in [3.8, 4) is 6.07 Å². The number of nitriles is 1. The summed E-state index contributed by atoms with van der Waals surface area (Å²) in [4.78, 5) is 20.5. The van der Waals surface area contributed by atoms with Crippen LogP contribution in [0.25, 0.3) is 10.9 Å². The minimum atomic E-state index is -0.326. The van der Waals surface area contributed by atoms with Gasteiger partial charge in [0.15, 0.2) is 0 Å². The van der Waals surface area contributed by atoms with Gasteiger partial charge >= 0.3 is 0 Å². The van der Waals surface area contributed by atoms with Crippen molar-refractivity contribution in [3.63, 3.8) is 0 Å². The second-order valence-electron chi connectivity index (χ2n) is 7.23. The first-order valence-corrected chi connectivity index (χ1v) is 9.37. The molecule has 1 N–H and O–H groups in total. The van der Waals surface area contributed by atoms with Crippen molar-refractivity contribution < 1.29 is 9.18 Å². The van der Waals surface area contributed by atoms with Crippen LogP contribution in [0, 0.1) is 17.1 Å². The molecular formula is C20H22FN5O. The van der Waals surface area contributed by atoms with Gasteiger partial charge in [0, 0.05) is 42.9 Å². The van der Waals surface area contributed by atoms with Crippen molar-refractivity contribution in [3.05, 3.63) is 36.3 Å². The normalized spacial score (nSPS) is 22.9. The number of hydrogen-bond acceptors (Lipinski definition) is 5. The molecule has 0 saturated carbocycles. The molecule has 6 nitrogen and oxygen atoms in total. The predicted octanol–water partition coefficient (Wildman–Crippen LogP) is 2.37. The number of likely N-dealkylation sites (tertiary alicyclic amines) is 2. The standard InChI is InChI=1S/C20H22FN5O/c21-17-5-6-18(16-4-1-8-23-20(16)17)24-14-7-10-25(12-14)13-19(27)26-9-2-3-15(26)11-22/h1,4-6,8,14-15,24H,2-3,7,9-10,12-13H2/t14-,15?/m1/s1. The van der Waals surface area contributed by atoms with E-state index in [1.807, 2.05) is 6.07 Å².